The molecule has 3 nitrogen and oxygen atoms in total. The van der Waals surface area contributed by atoms with Crippen LogP contribution in [0.4, 0.5) is 0 Å². The first-order chi connectivity index (χ1) is 9.22. The quantitative estimate of drug-likeness (QED) is 0.857. The number of carbonyl (C=O) groups excluding carboxylic acids is 1. The molecule has 1 saturated heterocycles. The summed E-state index contributed by atoms with van der Waals surface area (Å²) in [6.07, 6.45) is 2.21. The Kier molecular flexibility index (Phi) is 5.87. The van der Waals surface area contributed by atoms with Gasteiger partial charge in [0.2, 0.25) is 5.91 Å². The zero-order valence-corrected chi connectivity index (χ0v) is 15.3. The van der Waals surface area contributed by atoms with Crippen LogP contribution in [0, 0.1) is 5.41 Å². The molecule has 118 valence electrons. The third-order valence-electron chi connectivity index (χ3n) is 4.08. The molecule has 0 aromatic heterocycles. The molecule has 5 heteroatoms. The van der Waals surface area contributed by atoms with Gasteiger partial charge in [-0.1, -0.05) is 41.9 Å². The first kappa shape index (κ1) is 18.5. The summed E-state index contributed by atoms with van der Waals surface area (Å²) < 4.78 is 0.989. The molecule has 1 aliphatic rings. The fraction of sp³-hybridized carbons (Fsp3) is 0.562. The Labute approximate surface area is 141 Å². The molecule has 2 N–H and O–H groups in total. The highest BCUT2D eigenvalue weighted by molar-refractivity contribution is 9.10. The normalized spacial score (nSPS) is 20.3. The van der Waals surface area contributed by atoms with Gasteiger partial charge in [-0.25, -0.2) is 0 Å². The Morgan fingerprint density at radius 1 is 1.33 bits per heavy atom. The summed E-state index contributed by atoms with van der Waals surface area (Å²) in [5.74, 6) is 0.0209. The predicted molar refractivity (Wildman–Crippen MR) is 92.5 cm³/mol. The Morgan fingerprint density at radius 3 is 2.43 bits per heavy atom. The minimum Gasteiger partial charge on any atom is -0.340 e. The molecule has 1 atom stereocenters. The van der Waals surface area contributed by atoms with Crippen LogP contribution in [0.25, 0.3) is 0 Å². The minimum absolute atomic E-state index is 0. The number of amides is 1. The van der Waals surface area contributed by atoms with E-state index in [4.69, 9.17) is 5.73 Å². The van der Waals surface area contributed by atoms with E-state index in [1.165, 1.54) is 0 Å². The van der Waals surface area contributed by atoms with Crippen LogP contribution in [-0.4, -0.2) is 23.9 Å². The first-order valence-corrected chi connectivity index (χ1v) is 7.86. The number of carbonyl (C=O) groups is 1. The second kappa shape index (κ2) is 6.67. The lowest BCUT2D eigenvalue weighted by molar-refractivity contribution is -0.139. The molecule has 0 saturated carbocycles. The van der Waals surface area contributed by atoms with Crippen molar-refractivity contribution in [3.05, 3.63) is 34.3 Å². The topological polar surface area (TPSA) is 46.3 Å². The fourth-order valence-electron chi connectivity index (χ4n) is 2.84. The van der Waals surface area contributed by atoms with Gasteiger partial charge in [-0.15, -0.1) is 12.4 Å². The number of hydrogen-bond acceptors (Lipinski definition) is 2. The van der Waals surface area contributed by atoms with Gasteiger partial charge in [-0.05, 0) is 42.9 Å². The van der Waals surface area contributed by atoms with Gasteiger partial charge in [0, 0.05) is 17.6 Å². The number of likely N-dealkylation sites (tertiary alicyclic amines) is 1. The van der Waals surface area contributed by atoms with E-state index >= 15 is 0 Å². The van der Waals surface area contributed by atoms with E-state index in [1.54, 1.807) is 6.92 Å². The molecule has 1 aromatic carbocycles. The van der Waals surface area contributed by atoms with E-state index in [-0.39, 0.29) is 23.7 Å². The van der Waals surface area contributed by atoms with Crippen LogP contribution in [0.2, 0.25) is 0 Å². The zero-order valence-electron chi connectivity index (χ0n) is 12.9. The molecule has 0 radical (unpaired) electrons. The van der Waals surface area contributed by atoms with E-state index in [0.717, 1.165) is 36.0 Å². The number of piperidine rings is 1. The highest BCUT2D eigenvalue weighted by Gasteiger charge is 2.38. The van der Waals surface area contributed by atoms with Gasteiger partial charge in [-0.2, -0.15) is 0 Å². The summed E-state index contributed by atoms with van der Waals surface area (Å²) in [6.45, 7) is 7.82. The largest absolute Gasteiger partial charge is 0.340 e. The highest BCUT2D eigenvalue weighted by Crippen LogP contribution is 2.31. The molecule has 1 unspecified atom stereocenters. The molecule has 21 heavy (non-hydrogen) atoms. The van der Waals surface area contributed by atoms with Crippen molar-refractivity contribution in [3.8, 4) is 0 Å². The van der Waals surface area contributed by atoms with Gasteiger partial charge in [0.25, 0.3) is 0 Å². The first-order valence-electron chi connectivity index (χ1n) is 7.07. The molecule has 0 spiro atoms. The number of nitrogens with zero attached hydrogens (tertiary/aromatic N) is 1. The maximum Gasteiger partial charge on any atom is 0.246 e. The number of rotatable bonds is 2. The van der Waals surface area contributed by atoms with Gasteiger partial charge in [0.05, 0.1) is 0 Å². The second-order valence-corrected chi connectivity index (χ2v) is 7.62. The summed E-state index contributed by atoms with van der Waals surface area (Å²) in [5.41, 5.74) is 6.42. The van der Waals surface area contributed by atoms with Crippen LogP contribution < -0.4 is 5.73 Å². The van der Waals surface area contributed by atoms with Crippen molar-refractivity contribution < 1.29 is 4.79 Å². The van der Waals surface area contributed by atoms with Crippen LogP contribution in [-0.2, 0) is 10.3 Å². The summed E-state index contributed by atoms with van der Waals surface area (Å²) in [5, 5.41) is 0. The van der Waals surface area contributed by atoms with Crippen molar-refractivity contribution in [2.24, 2.45) is 11.1 Å². The van der Waals surface area contributed by atoms with Crippen LogP contribution >= 0.6 is 28.3 Å². The van der Waals surface area contributed by atoms with Crippen molar-refractivity contribution in [3.63, 3.8) is 0 Å². The van der Waals surface area contributed by atoms with Gasteiger partial charge in [0.1, 0.15) is 5.54 Å². The number of benzene rings is 1. The van der Waals surface area contributed by atoms with Gasteiger partial charge >= 0.3 is 0 Å². The molecule has 1 fully saturated rings. The summed E-state index contributed by atoms with van der Waals surface area (Å²) in [7, 11) is 0. The lowest BCUT2D eigenvalue weighted by atomic mass is 9.82. The summed E-state index contributed by atoms with van der Waals surface area (Å²) >= 11 is 3.40. The molecule has 2 rings (SSSR count). The van der Waals surface area contributed by atoms with Crippen LogP contribution in [0.5, 0.6) is 0 Å². The van der Waals surface area contributed by atoms with Crippen molar-refractivity contribution >= 4 is 34.2 Å². The highest BCUT2D eigenvalue weighted by atomic mass is 79.9. The van der Waals surface area contributed by atoms with Crippen molar-refractivity contribution in [1.82, 2.24) is 4.90 Å². The van der Waals surface area contributed by atoms with Gasteiger partial charge in [0.15, 0.2) is 0 Å². The maximum atomic E-state index is 12.8. The molecular weight excluding hydrogens is 352 g/mol. The molecule has 1 aromatic rings. The van der Waals surface area contributed by atoms with E-state index < -0.39 is 5.54 Å². The van der Waals surface area contributed by atoms with Crippen LogP contribution in [0.3, 0.4) is 0 Å². The van der Waals surface area contributed by atoms with Gasteiger partial charge < -0.3 is 10.6 Å². The Balaban J connectivity index is 0.00000220. The zero-order chi connectivity index (χ0) is 15.0. The number of hydrogen-bond donors (Lipinski definition) is 1. The van der Waals surface area contributed by atoms with E-state index in [1.807, 2.05) is 29.2 Å². The molecule has 0 aliphatic carbocycles. The van der Waals surface area contributed by atoms with E-state index in [9.17, 15) is 4.79 Å². The van der Waals surface area contributed by atoms with Crippen LogP contribution in [0.15, 0.2) is 28.7 Å². The second-order valence-electron chi connectivity index (χ2n) is 6.70. The fourth-order valence-corrected chi connectivity index (χ4v) is 3.11. The molecule has 0 bridgehead atoms. The Morgan fingerprint density at radius 2 is 1.90 bits per heavy atom. The standard InChI is InChI=1S/C16H23BrN2O.ClH/c1-15(2)9-4-10-19(11-15)14(20)16(3,18)12-5-7-13(17)8-6-12;/h5-8H,4,9-11,18H2,1-3H3;1H. The SMILES string of the molecule is CC1(C)CCCN(C(=O)C(C)(N)c2ccc(Br)cc2)C1.Cl. The number of nitrogens with two attached hydrogens (primary N) is 1. The average molecular weight is 376 g/mol. The predicted octanol–water partition coefficient (Wildman–Crippen LogP) is 3.69. The summed E-state index contributed by atoms with van der Waals surface area (Å²) in [6, 6.07) is 7.68. The minimum atomic E-state index is -0.964. The van der Waals surface area contributed by atoms with Crippen LogP contribution in [0.1, 0.15) is 39.2 Å². The van der Waals surface area contributed by atoms with E-state index in [0.29, 0.717) is 0 Å². The monoisotopic (exact) mass is 374 g/mol. The third-order valence-corrected chi connectivity index (χ3v) is 4.60. The van der Waals surface area contributed by atoms with Gasteiger partial charge in [-0.3, -0.25) is 4.79 Å². The molecule has 1 aliphatic heterocycles. The molecule has 1 heterocycles. The average Bonchev–Trinajstić information content (AvgIpc) is 2.37. The van der Waals surface area contributed by atoms with Crippen molar-refractivity contribution in [1.29, 1.82) is 0 Å². The smallest absolute Gasteiger partial charge is 0.246 e. The lowest BCUT2D eigenvalue weighted by Crippen LogP contribution is -2.54. The Bertz CT molecular complexity index is 500. The lowest BCUT2D eigenvalue weighted by Gasteiger charge is -2.41. The molecule has 1 amide bonds. The van der Waals surface area contributed by atoms with Crippen molar-refractivity contribution in [2.45, 2.75) is 39.2 Å². The number of halogens is 2. The molecular formula is C16H24BrClN2O. The summed E-state index contributed by atoms with van der Waals surface area (Å²) in [4.78, 5) is 14.7. The maximum absolute atomic E-state index is 12.8. The van der Waals surface area contributed by atoms with E-state index in [2.05, 4.69) is 29.8 Å². The third kappa shape index (κ3) is 4.21. The van der Waals surface area contributed by atoms with Crippen molar-refractivity contribution in [2.75, 3.05) is 13.1 Å². The Hall–Kier alpha value is -0.580.